The molecule has 3 aliphatic heterocycles. The predicted molar refractivity (Wildman–Crippen MR) is 446 cm³/mol. The van der Waals surface area contributed by atoms with Gasteiger partial charge in [-0.2, -0.15) is 0 Å². The van der Waals surface area contributed by atoms with Crippen molar-refractivity contribution in [2.24, 2.45) is 4.99 Å². The van der Waals surface area contributed by atoms with Crippen LogP contribution in [0.15, 0.2) is 166 Å². The molecule has 3 aliphatic rings. The molecule has 8 aromatic rings. The topological polar surface area (TPSA) is 323 Å². The Kier molecular flexibility index (Phi) is 31.1. The zero-order valence-electron chi connectivity index (χ0n) is 67.7. The van der Waals surface area contributed by atoms with Crippen LogP contribution in [-0.4, -0.2) is 155 Å². The molecule has 7 amide bonds. The quantitative estimate of drug-likeness (QED) is 0.0237. The zero-order chi connectivity index (χ0) is 83.9. The molecular formula is C88H104ClN9O18S. The Balaban J connectivity index is 0.000000249. The SMILES string of the molecule is CCCCCCCCCCCCCCCCCCN1C(C(C(=O)Nc2cc(C)ccc2OCCCOc2ccc(OC)cc2)N2C(=O)OC(C)(C)C2=O)=Nc2ccccc2S1(=O)=O.COc1ccc(Cl)cc1NC(=O)C(c1nc2ccccc2c(=O)n1CCCOc1ccc(C)cc1C)N1C(=O)C(Oc2ccc(C(=O)O)cc2)N(C)C1=O. The molecule has 27 nitrogen and oxygen atoms in total. The summed E-state index contributed by atoms with van der Waals surface area (Å²) in [6.07, 6.45) is 16.8. The first-order chi connectivity index (χ1) is 56.2. The third kappa shape index (κ3) is 22.4. The second-order valence-corrected chi connectivity index (χ2v) is 31.8. The molecule has 2 fully saturated rings. The number of unbranched alkanes of at least 4 members (excludes halogenated alkanes) is 15. The molecule has 3 N–H and O–H groups in total. The number of ether oxygens (including phenoxy) is 7. The van der Waals surface area contributed by atoms with Gasteiger partial charge in [0.15, 0.2) is 23.5 Å². The number of benzene rings is 7. The molecule has 0 bridgehead atoms. The smallest absolute Gasteiger partial charge is 0.418 e. The van der Waals surface area contributed by atoms with Gasteiger partial charge in [-0.3, -0.25) is 37.7 Å². The number of aliphatic imine (C=N–C) groups is 1. The van der Waals surface area contributed by atoms with Crippen molar-refractivity contribution < 1.29 is 80.2 Å². The molecule has 3 atom stereocenters. The molecule has 0 radical (unpaired) electrons. The lowest BCUT2D eigenvalue weighted by Gasteiger charge is -2.35. The lowest BCUT2D eigenvalue weighted by molar-refractivity contribution is -0.139. The van der Waals surface area contributed by atoms with Gasteiger partial charge < -0.3 is 48.9 Å². The van der Waals surface area contributed by atoms with Crippen molar-refractivity contribution in [1.29, 1.82) is 0 Å². The van der Waals surface area contributed by atoms with Crippen molar-refractivity contribution in [3.05, 3.63) is 195 Å². The van der Waals surface area contributed by atoms with Crippen LogP contribution < -0.4 is 44.6 Å². The number of carboxylic acid groups (broad SMARTS) is 1. The maximum absolute atomic E-state index is 14.7. The van der Waals surface area contributed by atoms with E-state index in [0.29, 0.717) is 46.5 Å². The summed E-state index contributed by atoms with van der Waals surface area (Å²) in [5, 5.41) is 15.4. The number of aromatic nitrogens is 2. The number of carbonyl (C=O) groups excluding carboxylic acids is 6. The normalized spacial score (nSPS) is 15.2. The van der Waals surface area contributed by atoms with E-state index in [1.807, 2.05) is 69.3 Å². The first-order valence-corrected chi connectivity index (χ1v) is 41.6. The van der Waals surface area contributed by atoms with Crippen molar-refractivity contribution in [2.45, 2.75) is 192 Å². The van der Waals surface area contributed by atoms with Gasteiger partial charge in [0.25, 0.3) is 45.4 Å². The van der Waals surface area contributed by atoms with Crippen LogP contribution >= 0.6 is 11.6 Å². The maximum atomic E-state index is 14.7. The number of nitrogens with zero attached hydrogens (tertiary/aromatic N) is 7. The lowest BCUT2D eigenvalue weighted by atomic mass is 10.0. The number of urea groups is 1. The highest BCUT2D eigenvalue weighted by atomic mass is 35.5. The number of likely N-dealkylation sites (N-methyl/N-ethyl adjacent to an activating group) is 1. The van der Waals surface area contributed by atoms with Crippen LogP contribution in [0.5, 0.6) is 34.5 Å². The molecule has 0 saturated carbocycles. The Morgan fingerprint density at radius 1 is 0.590 bits per heavy atom. The summed E-state index contributed by atoms with van der Waals surface area (Å²) in [5.74, 6) is -2.36. The molecule has 7 aromatic carbocycles. The number of sulfonamides is 1. The molecule has 622 valence electrons. The van der Waals surface area contributed by atoms with Crippen LogP contribution in [0, 0.1) is 20.8 Å². The zero-order valence-corrected chi connectivity index (χ0v) is 69.3. The van der Waals surface area contributed by atoms with E-state index >= 15 is 0 Å². The number of aryl methyl sites for hydroxylation is 3. The number of nitrogens with one attached hydrogen (secondary N) is 2. The number of halogens is 1. The summed E-state index contributed by atoms with van der Waals surface area (Å²) in [7, 11) is 0.0459. The standard InChI is InChI=1S/C49H68N4O9S.C39H36ClN5O9/c1-6-7-8-9-10-11-12-13-14-15-16-17-18-19-20-23-33-52-45(50-40-25-21-22-26-43(40)63(52,57)58)44(53-47(55)49(3,4)62-48(53)56)46(54)51-41-36-37(2)27-32-42(41)61-35-24-34-60-39-30-28-38(59-5)29-31-39;1-22-10-16-30(23(2)20-22)53-19-7-18-44-33(41-28-9-6-5-8-27(28)35(44)47)32(34(46)42-29-21-25(40)13-17-31(29)52-4)45-36(48)37(43(3)39(45)51)54-26-14-11-24(12-15-26)38(49)50/h21-22,25-32,36,44H,6-20,23-24,33-35H2,1-5H3,(H,51,54);5-6,8-17,20-21,32,37H,7,18-19H2,1-4H3,(H,42,46)(H,49,50). The molecular weight excluding hydrogens is 1540 g/mol. The number of carboxylic acids is 1. The molecule has 11 rings (SSSR count). The first kappa shape index (κ1) is 87.9. The van der Waals surface area contributed by atoms with E-state index in [1.54, 1.807) is 61.7 Å². The van der Waals surface area contributed by atoms with E-state index in [1.165, 1.54) is 152 Å². The molecule has 3 unspecified atom stereocenters. The van der Waals surface area contributed by atoms with Gasteiger partial charge in [0.1, 0.15) is 45.2 Å². The summed E-state index contributed by atoms with van der Waals surface area (Å²) in [6.45, 7) is 11.7. The summed E-state index contributed by atoms with van der Waals surface area (Å²) in [4.78, 5) is 123. The predicted octanol–water partition coefficient (Wildman–Crippen LogP) is 16.7. The fraction of sp³-hybridized carbons (Fsp3) is 0.409. The molecule has 1 aromatic heterocycles. The Labute approximate surface area is 687 Å². The number of amidine groups is 1. The fourth-order valence-corrected chi connectivity index (χ4v) is 15.8. The number of anilines is 2. The first-order valence-electron chi connectivity index (χ1n) is 39.8. The Morgan fingerprint density at radius 3 is 1.77 bits per heavy atom. The molecule has 117 heavy (non-hydrogen) atoms. The Morgan fingerprint density at radius 2 is 1.15 bits per heavy atom. The van der Waals surface area contributed by atoms with Crippen LogP contribution in [0.4, 0.5) is 26.7 Å². The molecule has 2 saturated heterocycles. The Bertz CT molecular complexity index is 5060. The van der Waals surface area contributed by atoms with Gasteiger partial charge in [-0.05, 0) is 168 Å². The van der Waals surface area contributed by atoms with Crippen molar-refractivity contribution in [3.63, 3.8) is 0 Å². The summed E-state index contributed by atoms with van der Waals surface area (Å²) < 4.78 is 71.2. The van der Waals surface area contributed by atoms with Gasteiger partial charge in [0.05, 0.1) is 67.6 Å². The number of fused-ring (bicyclic) bond motifs is 2. The van der Waals surface area contributed by atoms with Crippen LogP contribution in [0.2, 0.25) is 5.02 Å². The summed E-state index contributed by atoms with van der Waals surface area (Å²) in [6, 6.07) is 36.3. The average Bonchev–Trinajstić information content (AvgIpc) is 1.73. The number of methoxy groups -OCH3 is 2. The van der Waals surface area contributed by atoms with Crippen molar-refractivity contribution in [3.8, 4) is 34.5 Å². The number of aromatic carboxylic acids is 1. The average molecular weight is 1640 g/mol. The number of para-hydroxylation sites is 2. The number of hydrogen-bond acceptors (Lipinski definition) is 19. The van der Waals surface area contributed by atoms with Crippen molar-refractivity contribution >= 4 is 97.1 Å². The van der Waals surface area contributed by atoms with E-state index in [9.17, 15) is 51.9 Å². The molecule has 0 spiro atoms. The number of imide groups is 2. The van der Waals surface area contributed by atoms with Crippen LogP contribution in [0.3, 0.4) is 0 Å². The van der Waals surface area contributed by atoms with E-state index < -0.39 is 81.2 Å². The lowest BCUT2D eigenvalue weighted by Crippen LogP contribution is -2.59. The number of cyclic esters (lactones) is 1. The minimum atomic E-state index is -4.26. The van der Waals surface area contributed by atoms with E-state index in [2.05, 4.69) is 17.6 Å². The molecule has 0 aliphatic carbocycles. The van der Waals surface area contributed by atoms with Gasteiger partial charge in [0, 0.05) is 31.6 Å². The highest BCUT2D eigenvalue weighted by molar-refractivity contribution is 7.90. The Hall–Kier alpha value is -11.5. The van der Waals surface area contributed by atoms with Gasteiger partial charge in [-0.15, -0.1) is 0 Å². The van der Waals surface area contributed by atoms with E-state index in [4.69, 9.17) is 54.7 Å². The second kappa shape index (κ2) is 41.4. The van der Waals surface area contributed by atoms with Crippen LogP contribution in [0.1, 0.15) is 175 Å². The fourth-order valence-electron chi connectivity index (χ4n) is 14.0. The van der Waals surface area contributed by atoms with Crippen LogP contribution in [-0.2, 0) is 40.5 Å². The third-order valence-electron chi connectivity index (χ3n) is 20.3. The number of rotatable bonds is 41. The van der Waals surface area contributed by atoms with Gasteiger partial charge in [0.2, 0.25) is 0 Å². The summed E-state index contributed by atoms with van der Waals surface area (Å²) >= 11 is 6.26. The number of hydrogen-bond donors (Lipinski definition) is 3. The molecule has 29 heteroatoms. The highest BCUT2D eigenvalue weighted by Crippen LogP contribution is 2.39. The third-order valence-corrected chi connectivity index (χ3v) is 22.3. The number of amides is 7. The maximum Gasteiger partial charge on any atom is 0.418 e. The summed E-state index contributed by atoms with van der Waals surface area (Å²) in [5.41, 5.74) is 1.44. The van der Waals surface area contributed by atoms with Crippen molar-refractivity contribution in [2.75, 3.05) is 58.3 Å². The highest BCUT2D eigenvalue weighted by Gasteiger charge is 2.56. The van der Waals surface area contributed by atoms with Crippen molar-refractivity contribution in [1.82, 2.24) is 28.6 Å². The molecule has 4 heterocycles. The van der Waals surface area contributed by atoms with Gasteiger partial charge >= 0.3 is 18.1 Å². The van der Waals surface area contributed by atoms with Gasteiger partial charge in [-0.25, -0.2) is 42.6 Å². The largest absolute Gasteiger partial charge is 0.497 e. The van der Waals surface area contributed by atoms with Crippen LogP contribution in [0.25, 0.3) is 10.9 Å². The second-order valence-electron chi connectivity index (χ2n) is 29.5. The van der Waals surface area contributed by atoms with E-state index in [-0.39, 0.29) is 99.3 Å². The van der Waals surface area contributed by atoms with E-state index in [0.717, 1.165) is 57.3 Å². The monoisotopic (exact) mass is 1640 g/mol. The minimum absolute atomic E-state index is 0.00307. The number of carbonyl (C=O) groups is 7. The minimum Gasteiger partial charge on any atom is -0.497 e. The van der Waals surface area contributed by atoms with Gasteiger partial charge in [-0.1, -0.05) is 163 Å².